The number of amides is 10. The van der Waals surface area contributed by atoms with E-state index >= 15 is 4.39 Å². The summed E-state index contributed by atoms with van der Waals surface area (Å²) in [7, 11) is -7.61. The zero-order valence-electron chi connectivity index (χ0n) is 59.5. The number of carbonyl (C=O) groups excluding carboxylic acids is 7. The minimum Gasteiger partial charge on any atom is -0.493 e. The fraction of sp³-hybridized carbons (Fsp3) is 0.394. The lowest BCUT2D eigenvalue weighted by molar-refractivity contribution is -0.146. The molecule has 1 fully saturated rings. The first kappa shape index (κ1) is 82.5. The maximum atomic E-state index is 15.2. The van der Waals surface area contributed by atoms with Crippen LogP contribution in [0.1, 0.15) is 82.9 Å². The van der Waals surface area contributed by atoms with E-state index in [2.05, 4.69) is 66.9 Å². The van der Waals surface area contributed by atoms with Crippen LogP contribution in [0.2, 0.25) is 0 Å². The molecule has 0 spiro atoms. The summed E-state index contributed by atoms with van der Waals surface area (Å²) in [5.74, 6) is -7.52. The number of halogens is 2. The number of nitrogens with one attached hydrogen (secondary N) is 10. The van der Waals surface area contributed by atoms with Crippen LogP contribution in [0.5, 0.6) is 11.6 Å². The molecule has 6 aromatic rings. The molecule has 580 valence electrons. The van der Waals surface area contributed by atoms with Crippen molar-refractivity contribution in [1.29, 1.82) is 0 Å². The third kappa shape index (κ3) is 26.1. The van der Waals surface area contributed by atoms with Gasteiger partial charge in [0.15, 0.2) is 0 Å². The van der Waals surface area contributed by atoms with Crippen molar-refractivity contribution in [2.24, 2.45) is 10.3 Å². The fourth-order valence-electron chi connectivity index (χ4n) is 11.1. The number of hydrogen-bond donors (Lipinski definition) is 12. The maximum absolute atomic E-state index is 15.2. The highest BCUT2D eigenvalue weighted by atomic mass is 32.2. The Morgan fingerprint density at radius 3 is 2.05 bits per heavy atom. The summed E-state index contributed by atoms with van der Waals surface area (Å²) >= 11 is 0. The van der Waals surface area contributed by atoms with Gasteiger partial charge in [-0.05, 0) is 115 Å². The van der Waals surface area contributed by atoms with Crippen LogP contribution >= 0.6 is 0 Å². The largest absolute Gasteiger partial charge is 0.493 e. The Kier molecular flexibility index (Phi) is 30.5. The first-order valence-corrected chi connectivity index (χ1v) is 38.0. The van der Waals surface area contributed by atoms with Gasteiger partial charge in [-0.2, -0.15) is 9.35 Å². The van der Waals surface area contributed by atoms with Crippen LogP contribution in [0, 0.1) is 17.6 Å². The van der Waals surface area contributed by atoms with E-state index in [9.17, 15) is 70.4 Å². The lowest BCUT2D eigenvalue weighted by Crippen LogP contribution is -2.56. The zero-order chi connectivity index (χ0) is 77.9. The molecular formula is C71H86F2N14O19S2. The van der Waals surface area contributed by atoms with E-state index in [1.165, 1.54) is 109 Å². The van der Waals surface area contributed by atoms with Crippen molar-refractivity contribution in [3.63, 3.8) is 0 Å². The van der Waals surface area contributed by atoms with Crippen molar-refractivity contribution < 1.29 is 98.5 Å². The Labute approximate surface area is 621 Å². The summed E-state index contributed by atoms with van der Waals surface area (Å²) in [4.78, 5) is 126. The molecule has 10 amide bonds. The van der Waals surface area contributed by atoms with Crippen LogP contribution in [0.15, 0.2) is 125 Å². The van der Waals surface area contributed by atoms with Gasteiger partial charge in [-0.1, -0.05) is 39.0 Å². The second-order valence-electron chi connectivity index (χ2n) is 25.2. The highest BCUT2D eigenvalue weighted by Gasteiger charge is 2.40. The van der Waals surface area contributed by atoms with E-state index < -0.39 is 128 Å². The number of carbonyl (C=O) groups is 9. The van der Waals surface area contributed by atoms with Crippen molar-refractivity contribution in [2.75, 3.05) is 105 Å². The number of carboxylic acids is 2. The number of fused-ring (bicyclic) bond motifs is 6. The predicted octanol–water partition coefficient (Wildman–Crippen LogP) is 7.47. The van der Waals surface area contributed by atoms with Crippen LogP contribution in [-0.2, 0) is 68.5 Å². The van der Waals surface area contributed by atoms with Gasteiger partial charge in [-0.15, -0.1) is 0 Å². The van der Waals surface area contributed by atoms with Gasteiger partial charge >= 0.3 is 30.0 Å². The van der Waals surface area contributed by atoms with E-state index in [-0.39, 0.29) is 146 Å². The second-order valence-corrected chi connectivity index (χ2v) is 29.2. The van der Waals surface area contributed by atoms with Crippen LogP contribution in [0.3, 0.4) is 0 Å². The van der Waals surface area contributed by atoms with Crippen molar-refractivity contribution in [2.45, 2.75) is 101 Å². The Morgan fingerprint density at radius 2 is 1.34 bits per heavy atom. The number of aliphatic carboxylic acids is 2. The van der Waals surface area contributed by atoms with Gasteiger partial charge in [-0.3, -0.25) is 33.5 Å². The number of urea groups is 3. The Hall–Kier alpha value is -11.2. The van der Waals surface area contributed by atoms with Crippen molar-refractivity contribution >= 4 is 108 Å². The number of carboxylic acid groups (broad SMARTS) is 2. The molecule has 4 heterocycles. The highest BCUT2D eigenvalue weighted by molar-refractivity contribution is 7.93. The normalized spacial score (nSPS) is 14.7. The minimum atomic E-state index is -4.19. The van der Waals surface area contributed by atoms with Crippen LogP contribution in [-0.4, -0.2) is 188 Å². The summed E-state index contributed by atoms with van der Waals surface area (Å²) < 4.78 is 105. The number of nitrogens with zero attached hydrogens (tertiary/aromatic N) is 4. The van der Waals surface area contributed by atoms with Crippen molar-refractivity contribution in [1.82, 2.24) is 41.5 Å². The Bertz CT molecular complexity index is 4460. The molecule has 2 aromatic heterocycles. The molecule has 4 aromatic carbocycles. The Morgan fingerprint density at radius 1 is 0.685 bits per heavy atom. The molecule has 5 atom stereocenters. The lowest BCUT2D eigenvalue weighted by atomic mass is 10.0. The zero-order valence-corrected chi connectivity index (χ0v) is 61.1. The quantitative estimate of drug-likeness (QED) is 0.0174. The molecule has 0 radical (unpaired) electrons. The number of anilines is 6. The summed E-state index contributed by atoms with van der Waals surface area (Å²) in [5.41, 5.74) is 1.95. The van der Waals surface area contributed by atoms with Gasteiger partial charge in [0.2, 0.25) is 23.6 Å². The molecule has 2 aliphatic heterocycles. The molecule has 37 heteroatoms. The van der Waals surface area contributed by atoms with Gasteiger partial charge in [0.05, 0.1) is 98.3 Å². The third-order valence-electron chi connectivity index (χ3n) is 16.1. The first-order chi connectivity index (χ1) is 51.6. The standard InChI is InChI=1S/C71H86F2N14O19S2/c1-5-22-74-69(96)79-49-11-7-13-51(37-49)108(100,101)85-50-12-6-10-45(35-50)55(39-63(89)90)81-71(98)78-48-18-16-47(17-19-48)77-70(97)75-23-28-103-30-32-104-31-29-102-27-21-61(88)80-56(40-64(91)92)68(95)87-24-8-14-57(87)66(93)84-65(43(2)3)67(94)86-107(4,99)42-44-33-60-82-59-38-53(54(73)41-76-59)52-20-15-46(72)36-58(52)105-25-9-26-106-62(34-44)83-60/h6-7,10-13,15-20,33-38,41,43,55-57,65,85H,5,8-9,14,21-32,39-40,42H2,1-4H3,(H,80,88)(H,84,93)(H,89,90)(H,91,92)(H2,74,79,96)(H2,75,77,97)(H,76,82,83)(H2,78,81,98)/t55-,56+,57+,65+,107+/m1/s1. The molecule has 108 heavy (non-hydrogen) atoms. The first-order valence-electron chi connectivity index (χ1n) is 34.4. The number of hydrogen-bond acceptors (Lipinski definition) is 20. The Balaban J connectivity index is 0.708. The molecule has 0 aliphatic carbocycles. The highest BCUT2D eigenvalue weighted by Crippen LogP contribution is 2.35. The fourth-order valence-corrected chi connectivity index (χ4v) is 13.5. The molecule has 0 unspecified atom stereocenters. The topological polar surface area (TPSA) is 453 Å². The summed E-state index contributed by atoms with van der Waals surface area (Å²) in [6.07, 6.45) is 2.09. The average molecular weight is 1540 g/mol. The maximum Gasteiger partial charge on any atom is 0.319 e. The average Bonchev–Trinajstić information content (AvgIpc) is 1.04. The summed E-state index contributed by atoms with van der Waals surface area (Å²) in [5, 5.41) is 43.2. The van der Waals surface area contributed by atoms with Gasteiger partial charge in [0.1, 0.15) is 47.1 Å². The molecular weight excluding hydrogens is 1450 g/mol. The number of rotatable bonds is 34. The third-order valence-corrected chi connectivity index (χ3v) is 18.9. The molecule has 33 nitrogen and oxygen atoms in total. The molecule has 0 saturated carbocycles. The van der Waals surface area contributed by atoms with E-state index in [0.29, 0.717) is 37.1 Å². The van der Waals surface area contributed by atoms with Crippen LogP contribution in [0.4, 0.5) is 57.5 Å². The van der Waals surface area contributed by atoms with Crippen LogP contribution < -0.4 is 62.0 Å². The summed E-state index contributed by atoms with van der Waals surface area (Å²) in [6, 6.07) is 18.6. The number of pyridine rings is 2. The molecule has 1 saturated heterocycles. The number of sulfonamides is 1. The monoisotopic (exact) mass is 1540 g/mol. The van der Waals surface area contributed by atoms with Gasteiger partial charge in [0.25, 0.3) is 15.9 Å². The van der Waals surface area contributed by atoms with Gasteiger partial charge in [-0.25, -0.2) is 40.8 Å². The number of likely N-dealkylation sites (tertiary alicyclic amines) is 1. The van der Waals surface area contributed by atoms with Gasteiger partial charge in [0, 0.05) is 84.7 Å². The molecule has 4 bridgehead atoms. The van der Waals surface area contributed by atoms with E-state index in [1.54, 1.807) is 13.8 Å². The van der Waals surface area contributed by atoms with Crippen LogP contribution in [0.25, 0.3) is 11.1 Å². The molecule has 8 rings (SSSR count). The number of aromatic nitrogens is 2. The SMILES string of the molecule is CCCNC(=O)Nc1cccc(S(=O)(=O)Nc2cccc([C@@H](CC(=O)O)NC(=O)Nc3ccc(NC(=O)NCCOCCOCCOCCC(=O)N[C@@H](CC(=O)O)C(=O)N4CCC[C@H]4C(=O)N[C@H](C(=O)N=[S@@](C)(=O)Cc4cc5nc(c4)OCCCOc4cc(F)ccc4-c4cc(ncc4F)N5)C(C)C)cc3)c2)c1. The van der Waals surface area contributed by atoms with E-state index in [4.69, 9.17) is 23.7 Å². The van der Waals surface area contributed by atoms with E-state index in [0.717, 1.165) is 17.2 Å². The predicted molar refractivity (Wildman–Crippen MR) is 392 cm³/mol. The van der Waals surface area contributed by atoms with Gasteiger partial charge < -0.3 is 86.6 Å². The van der Waals surface area contributed by atoms with Crippen molar-refractivity contribution in [3.8, 4) is 22.8 Å². The van der Waals surface area contributed by atoms with E-state index in [1.807, 2.05) is 6.92 Å². The van der Waals surface area contributed by atoms with Crippen molar-refractivity contribution in [3.05, 3.63) is 138 Å². The molecule has 2 aliphatic rings. The minimum absolute atomic E-state index is 0.0323. The summed E-state index contributed by atoms with van der Waals surface area (Å²) in [6.45, 7) is 6.33. The number of benzene rings is 4. The smallest absolute Gasteiger partial charge is 0.319 e. The number of ether oxygens (including phenoxy) is 5. The lowest BCUT2D eigenvalue weighted by Gasteiger charge is -2.29. The second kappa shape index (κ2) is 40.0. The molecule has 12 N–H and O–H groups in total.